The third kappa shape index (κ3) is 6.10. The van der Waals surface area contributed by atoms with Gasteiger partial charge in [-0.25, -0.2) is 0 Å². The summed E-state index contributed by atoms with van der Waals surface area (Å²) in [5, 5.41) is 8.99. The number of aliphatic hydroxyl groups excluding tert-OH is 1. The summed E-state index contributed by atoms with van der Waals surface area (Å²) in [4.78, 5) is 19.7. The summed E-state index contributed by atoms with van der Waals surface area (Å²) < 4.78 is 44.9. The van der Waals surface area contributed by atoms with E-state index in [9.17, 15) is 18.0 Å². The van der Waals surface area contributed by atoms with Crippen molar-refractivity contribution in [1.29, 1.82) is 0 Å². The van der Waals surface area contributed by atoms with Gasteiger partial charge in [0.2, 0.25) is 0 Å². The fourth-order valence-electron chi connectivity index (χ4n) is 6.12. The molecule has 1 amide bonds. The molecular formula is C30H40F3N3O3. The number of hydrogen-bond acceptors (Lipinski definition) is 5. The van der Waals surface area contributed by atoms with Crippen LogP contribution >= 0.6 is 0 Å². The Bertz CT molecular complexity index is 1170. The van der Waals surface area contributed by atoms with Crippen molar-refractivity contribution in [2.45, 2.75) is 64.3 Å². The Kier molecular flexibility index (Phi) is 8.64. The van der Waals surface area contributed by atoms with E-state index in [0.29, 0.717) is 19.7 Å². The predicted octanol–water partition coefficient (Wildman–Crippen LogP) is 5.07. The fourth-order valence-corrected chi connectivity index (χ4v) is 6.12. The summed E-state index contributed by atoms with van der Waals surface area (Å²) in [5.74, 6) is 0.666. The largest absolute Gasteiger partial charge is 0.492 e. The highest BCUT2D eigenvalue weighted by Crippen LogP contribution is 2.45. The quantitative estimate of drug-likeness (QED) is 0.451. The van der Waals surface area contributed by atoms with Crippen molar-refractivity contribution in [1.82, 2.24) is 14.7 Å². The molecule has 214 valence electrons. The molecule has 1 unspecified atom stereocenters. The first-order valence-electron chi connectivity index (χ1n) is 13.6. The molecule has 2 fully saturated rings. The zero-order valence-corrected chi connectivity index (χ0v) is 23.5. The topological polar surface area (TPSA) is 56.3 Å². The maximum absolute atomic E-state index is 13.3. The number of carbonyl (C=O) groups excluding carboxylic acids is 1. The minimum atomic E-state index is -4.42. The highest BCUT2D eigenvalue weighted by molar-refractivity contribution is 5.95. The van der Waals surface area contributed by atoms with Crippen LogP contribution in [0.3, 0.4) is 0 Å². The zero-order valence-electron chi connectivity index (χ0n) is 23.5. The molecule has 3 atom stereocenters. The summed E-state index contributed by atoms with van der Waals surface area (Å²) in [6.45, 7) is 12.1. The molecule has 2 aromatic rings. The highest BCUT2D eigenvalue weighted by Gasteiger charge is 2.54. The van der Waals surface area contributed by atoms with E-state index in [4.69, 9.17) is 9.84 Å². The summed E-state index contributed by atoms with van der Waals surface area (Å²) in [6.07, 6.45) is -2.83. The molecule has 0 spiro atoms. The zero-order chi connectivity index (χ0) is 28.5. The maximum atomic E-state index is 13.3. The first-order chi connectivity index (χ1) is 18.4. The Morgan fingerprint density at radius 2 is 1.85 bits per heavy atom. The van der Waals surface area contributed by atoms with Crippen LogP contribution in [0.1, 0.15) is 65.3 Å². The standard InChI is InChI=1S/C30H40F3N3O3/c1-20-21(2)27(39-16-14-34(5)13-6-15-37)12-11-26(20)22(3)35-19-29(4)17-25(35)18-36(29)28(38)23-7-9-24(10-8-23)30(31,32)33/h7-12,22,25,37H,6,13-19H2,1-5H3/t22-,25-,29?/m0/s1. The summed E-state index contributed by atoms with van der Waals surface area (Å²) in [6, 6.07) is 9.04. The van der Waals surface area contributed by atoms with Gasteiger partial charge < -0.3 is 19.6 Å². The Balaban J connectivity index is 1.40. The van der Waals surface area contributed by atoms with Crippen molar-refractivity contribution in [2.24, 2.45) is 0 Å². The first kappa shape index (κ1) is 29.4. The molecule has 2 saturated heterocycles. The van der Waals surface area contributed by atoms with Crippen LogP contribution in [0.2, 0.25) is 0 Å². The molecule has 2 aromatic carbocycles. The minimum Gasteiger partial charge on any atom is -0.492 e. The van der Waals surface area contributed by atoms with E-state index in [1.165, 1.54) is 23.3 Å². The number of hydrogen-bond donors (Lipinski definition) is 1. The Hall–Kier alpha value is -2.62. The van der Waals surface area contributed by atoms with Crippen molar-refractivity contribution in [3.8, 4) is 5.75 Å². The highest BCUT2D eigenvalue weighted by atomic mass is 19.4. The smallest absolute Gasteiger partial charge is 0.416 e. The molecule has 2 heterocycles. The lowest BCUT2D eigenvalue weighted by molar-refractivity contribution is -0.137. The van der Waals surface area contributed by atoms with Gasteiger partial charge >= 0.3 is 6.18 Å². The number of rotatable bonds is 10. The summed E-state index contributed by atoms with van der Waals surface area (Å²) in [7, 11) is 2.02. The fraction of sp³-hybridized carbons (Fsp3) is 0.567. The van der Waals surface area contributed by atoms with Crippen molar-refractivity contribution >= 4 is 5.91 Å². The first-order valence-corrected chi connectivity index (χ1v) is 13.6. The van der Waals surface area contributed by atoms with Crippen LogP contribution in [-0.2, 0) is 6.18 Å². The Labute approximate surface area is 229 Å². The lowest BCUT2D eigenvalue weighted by Crippen LogP contribution is -2.55. The number of fused-ring (bicyclic) bond motifs is 2. The number of nitrogens with zero attached hydrogens (tertiary/aromatic N) is 3. The number of piperazine rings is 1. The van der Waals surface area contributed by atoms with Gasteiger partial charge in [-0.15, -0.1) is 0 Å². The molecular weight excluding hydrogens is 507 g/mol. The maximum Gasteiger partial charge on any atom is 0.416 e. The Morgan fingerprint density at radius 3 is 2.44 bits per heavy atom. The normalized spacial score (nSPS) is 22.1. The van der Waals surface area contributed by atoms with E-state index >= 15 is 0 Å². The number of carbonyl (C=O) groups is 1. The molecule has 4 rings (SSSR count). The van der Waals surface area contributed by atoms with Gasteiger partial charge in [-0.2, -0.15) is 13.2 Å². The third-order valence-corrected chi connectivity index (χ3v) is 8.57. The number of likely N-dealkylation sites (tertiary alicyclic amines) is 2. The van der Waals surface area contributed by atoms with Crippen molar-refractivity contribution in [3.63, 3.8) is 0 Å². The van der Waals surface area contributed by atoms with Crippen LogP contribution in [0.15, 0.2) is 36.4 Å². The average molecular weight is 548 g/mol. The molecule has 6 nitrogen and oxygen atoms in total. The molecule has 0 aromatic heterocycles. The van der Waals surface area contributed by atoms with E-state index in [1.54, 1.807) is 0 Å². The van der Waals surface area contributed by atoms with Gasteiger partial charge in [0.05, 0.1) is 11.1 Å². The van der Waals surface area contributed by atoms with Gasteiger partial charge in [-0.3, -0.25) is 9.69 Å². The van der Waals surface area contributed by atoms with Crippen LogP contribution in [0, 0.1) is 13.8 Å². The van der Waals surface area contributed by atoms with Crippen molar-refractivity contribution in [2.75, 3.05) is 46.4 Å². The van der Waals surface area contributed by atoms with Gasteiger partial charge in [0.1, 0.15) is 12.4 Å². The van der Waals surface area contributed by atoms with Crippen molar-refractivity contribution in [3.05, 3.63) is 64.2 Å². The Morgan fingerprint density at radius 1 is 1.15 bits per heavy atom. The van der Waals surface area contributed by atoms with Gasteiger partial charge in [0.25, 0.3) is 5.91 Å². The van der Waals surface area contributed by atoms with Gasteiger partial charge in [0.15, 0.2) is 0 Å². The van der Waals surface area contributed by atoms with Crippen LogP contribution in [0.4, 0.5) is 13.2 Å². The summed E-state index contributed by atoms with van der Waals surface area (Å²) in [5.41, 5.74) is 2.72. The molecule has 0 radical (unpaired) electrons. The number of ether oxygens (including phenoxy) is 1. The molecule has 0 saturated carbocycles. The van der Waals surface area contributed by atoms with E-state index in [-0.39, 0.29) is 35.7 Å². The lowest BCUT2D eigenvalue weighted by atomic mass is 9.95. The third-order valence-electron chi connectivity index (χ3n) is 8.57. The van der Waals surface area contributed by atoms with Gasteiger partial charge in [0, 0.05) is 50.4 Å². The van der Waals surface area contributed by atoms with E-state index in [2.05, 4.69) is 43.6 Å². The summed E-state index contributed by atoms with van der Waals surface area (Å²) >= 11 is 0. The monoisotopic (exact) mass is 547 g/mol. The minimum absolute atomic E-state index is 0.150. The second-order valence-corrected chi connectivity index (χ2v) is 11.3. The van der Waals surface area contributed by atoms with Gasteiger partial charge in [-0.05, 0) is 94.6 Å². The second kappa shape index (κ2) is 11.5. The number of aliphatic hydroxyl groups is 1. The number of likely N-dealkylation sites (N-methyl/N-ethyl adjacent to an activating group) is 1. The number of benzene rings is 2. The lowest BCUT2D eigenvalue weighted by Gasteiger charge is -2.43. The molecule has 1 N–H and O–H groups in total. The molecule has 2 aliphatic heterocycles. The molecule has 2 aliphatic rings. The van der Waals surface area contributed by atoms with E-state index in [0.717, 1.165) is 49.4 Å². The van der Waals surface area contributed by atoms with Crippen molar-refractivity contribution < 1.29 is 27.8 Å². The average Bonchev–Trinajstić information content (AvgIpc) is 3.42. The van der Waals surface area contributed by atoms with Gasteiger partial charge in [-0.1, -0.05) is 6.07 Å². The number of alkyl halides is 3. The van der Waals surface area contributed by atoms with Crippen LogP contribution in [-0.4, -0.2) is 83.7 Å². The predicted molar refractivity (Wildman–Crippen MR) is 145 cm³/mol. The molecule has 9 heteroatoms. The second-order valence-electron chi connectivity index (χ2n) is 11.3. The molecule has 39 heavy (non-hydrogen) atoms. The van der Waals surface area contributed by atoms with E-state index < -0.39 is 11.7 Å². The number of amides is 1. The van der Waals surface area contributed by atoms with E-state index in [1.807, 2.05) is 18.0 Å². The SMILES string of the molecule is Cc1c(OCCN(C)CCCO)ccc([C@H](C)N2CC3(C)C[C@H]2CN3C(=O)c2ccc(C(F)(F)F)cc2)c1C. The van der Waals surface area contributed by atoms with Crippen LogP contribution < -0.4 is 4.74 Å². The van der Waals surface area contributed by atoms with Crippen LogP contribution in [0.25, 0.3) is 0 Å². The molecule has 2 bridgehead atoms. The number of halogens is 3. The van der Waals surface area contributed by atoms with Crippen LogP contribution in [0.5, 0.6) is 5.75 Å². The molecule has 0 aliphatic carbocycles.